The Morgan fingerprint density at radius 3 is 2.90 bits per heavy atom. The zero-order valence-electron chi connectivity index (χ0n) is 11.6. The normalized spacial score (nSPS) is 28.3. The smallest absolute Gasteiger partial charge is 0.157 e. The van der Waals surface area contributed by atoms with Crippen LogP contribution in [0.2, 0.25) is 0 Å². The Morgan fingerprint density at radius 1 is 1.43 bits per heavy atom. The molecule has 1 unspecified atom stereocenters. The number of aliphatic hydroxyl groups is 1. The lowest BCUT2D eigenvalue weighted by Crippen LogP contribution is -2.58. The number of hydrogen-bond donors (Lipinski definition) is 1. The number of aliphatic hydroxyl groups excluding tert-OH is 1. The Labute approximate surface area is 126 Å². The topological polar surface area (TPSA) is 45.6 Å². The summed E-state index contributed by atoms with van der Waals surface area (Å²) in [6, 6.07) is 4.14. The van der Waals surface area contributed by atoms with Gasteiger partial charge in [-0.1, -0.05) is 0 Å². The standard InChI is InChI=1S/C15H17FN2O2S/c16-15(8-19)7-18(6-14(15)9-20-10-14)5-12-3-11-1-2-17-4-13(11)21-12/h1-4,19H,5-10H2. The third-order valence-corrected chi connectivity index (χ3v) is 5.78. The molecule has 4 nitrogen and oxygen atoms in total. The number of ether oxygens (including phenoxy) is 1. The maximum Gasteiger partial charge on any atom is 0.157 e. The zero-order chi connectivity index (χ0) is 14.5. The molecular weight excluding hydrogens is 291 g/mol. The average Bonchev–Trinajstić information content (AvgIpc) is 2.97. The van der Waals surface area contributed by atoms with Crippen molar-refractivity contribution in [2.75, 3.05) is 32.9 Å². The number of fused-ring (bicyclic) bond motifs is 1. The van der Waals surface area contributed by atoms with E-state index in [1.165, 1.54) is 10.3 Å². The Balaban J connectivity index is 1.55. The van der Waals surface area contributed by atoms with Gasteiger partial charge in [-0.05, 0) is 17.5 Å². The lowest BCUT2D eigenvalue weighted by Gasteiger charge is -2.44. The number of aromatic nitrogens is 1. The molecule has 2 saturated heterocycles. The van der Waals surface area contributed by atoms with E-state index < -0.39 is 17.7 Å². The van der Waals surface area contributed by atoms with Crippen molar-refractivity contribution in [1.82, 2.24) is 9.88 Å². The van der Waals surface area contributed by atoms with Crippen LogP contribution in [0.25, 0.3) is 10.1 Å². The third-order valence-electron chi connectivity index (χ3n) is 4.71. The van der Waals surface area contributed by atoms with E-state index in [1.54, 1.807) is 17.5 Å². The molecule has 21 heavy (non-hydrogen) atoms. The summed E-state index contributed by atoms with van der Waals surface area (Å²) in [6.45, 7) is 2.04. The van der Waals surface area contributed by atoms with Crippen LogP contribution in [0.5, 0.6) is 0 Å². The second-order valence-electron chi connectivity index (χ2n) is 6.17. The summed E-state index contributed by atoms with van der Waals surface area (Å²) in [4.78, 5) is 7.43. The molecule has 6 heteroatoms. The highest BCUT2D eigenvalue weighted by atomic mass is 32.1. The van der Waals surface area contributed by atoms with Gasteiger partial charge in [-0.3, -0.25) is 9.88 Å². The van der Waals surface area contributed by atoms with Gasteiger partial charge in [0, 0.05) is 36.9 Å². The van der Waals surface area contributed by atoms with Gasteiger partial charge in [0.25, 0.3) is 0 Å². The van der Waals surface area contributed by atoms with Crippen molar-refractivity contribution in [3.05, 3.63) is 29.4 Å². The monoisotopic (exact) mass is 308 g/mol. The molecular formula is C15H17FN2O2S. The van der Waals surface area contributed by atoms with Gasteiger partial charge in [-0.15, -0.1) is 11.3 Å². The molecule has 0 amide bonds. The molecule has 112 valence electrons. The molecule has 4 heterocycles. The number of thiophene rings is 1. The average molecular weight is 308 g/mol. The first kappa shape index (κ1) is 13.6. The first-order chi connectivity index (χ1) is 10.1. The summed E-state index contributed by atoms with van der Waals surface area (Å²) in [5.74, 6) is 0. The lowest BCUT2D eigenvalue weighted by molar-refractivity contribution is -0.178. The van der Waals surface area contributed by atoms with E-state index in [9.17, 15) is 9.50 Å². The molecule has 2 aliphatic rings. The van der Waals surface area contributed by atoms with E-state index in [4.69, 9.17) is 4.74 Å². The van der Waals surface area contributed by atoms with Crippen LogP contribution >= 0.6 is 11.3 Å². The summed E-state index contributed by atoms with van der Waals surface area (Å²) in [5.41, 5.74) is -2.05. The number of hydrogen-bond acceptors (Lipinski definition) is 5. The maximum absolute atomic E-state index is 14.9. The minimum atomic E-state index is -1.54. The minimum Gasteiger partial charge on any atom is -0.393 e. The second-order valence-corrected chi connectivity index (χ2v) is 7.34. The quantitative estimate of drug-likeness (QED) is 0.940. The molecule has 0 aromatic carbocycles. The Bertz CT molecular complexity index is 628. The van der Waals surface area contributed by atoms with Gasteiger partial charge in [0.05, 0.1) is 29.9 Å². The van der Waals surface area contributed by atoms with Gasteiger partial charge in [0.15, 0.2) is 5.67 Å². The van der Waals surface area contributed by atoms with Crippen molar-refractivity contribution < 1.29 is 14.2 Å². The third kappa shape index (κ3) is 2.01. The summed E-state index contributed by atoms with van der Waals surface area (Å²) in [7, 11) is 0. The molecule has 0 radical (unpaired) electrons. The van der Waals surface area contributed by atoms with E-state index in [0.29, 0.717) is 26.3 Å². The summed E-state index contributed by atoms with van der Waals surface area (Å²) >= 11 is 1.70. The molecule has 1 spiro atoms. The van der Waals surface area contributed by atoms with Gasteiger partial charge < -0.3 is 9.84 Å². The Hall–Kier alpha value is -1.08. The number of rotatable bonds is 3. The predicted molar refractivity (Wildman–Crippen MR) is 79.1 cm³/mol. The van der Waals surface area contributed by atoms with Gasteiger partial charge >= 0.3 is 0 Å². The molecule has 1 N–H and O–H groups in total. The van der Waals surface area contributed by atoms with E-state index in [-0.39, 0.29) is 6.54 Å². The molecule has 0 aliphatic carbocycles. The van der Waals surface area contributed by atoms with Gasteiger partial charge in [0.2, 0.25) is 0 Å². The van der Waals surface area contributed by atoms with Crippen LogP contribution in [0.1, 0.15) is 4.88 Å². The first-order valence-corrected chi connectivity index (χ1v) is 7.88. The van der Waals surface area contributed by atoms with E-state index >= 15 is 0 Å². The fourth-order valence-corrected chi connectivity index (χ4v) is 4.49. The van der Waals surface area contributed by atoms with Gasteiger partial charge in [-0.2, -0.15) is 0 Å². The first-order valence-electron chi connectivity index (χ1n) is 7.07. The lowest BCUT2D eigenvalue weighted by atomic mass is 9.74. The number of likely N-dealkylation sites (tertiary alicyclic amines) is 1. The van der Waals surface area contributed by atoms with E-state index in [1.807, 2.05) is 12.3 Å². The molecule has 2 aromatic heterocycles. The largest absolute Gasteiger partial charge is 0.393 e. The molecule has 0 bridgehead atoms. The van der Waals surface area contributed by atoms with Crippen LogP contribution in [0.4, 0.5) is 4.39 Å². The molecule has 2 aromatic rings. The van der Waals surface area contributed by atoms with Crippen LogP contribution in [0.3, 0.4) is 0 Å². The maximum atomic E-state index is 14.9. The van der Waals surface area contributed by atoms with Gasteiger partial charge in [0.1, 0.15) is 0 Å². The van der Waals surface area contributed by atoms with Gasteiger partial charge in [-0.25, -0.2) is 4.39 Å². The minimum absolute atomic E-state index is 0.277. The van der Waals surface area contributed by atoms with Crippen molar-refractivity contribution in [3.8, 4) is 0 Å². The predicted octanol–water partition coefficient (Wildman–Crippen LogP) is 1.83. The fraction of sp³-hybridized carbons (Fsp3) is 0.533. The van der Waals surface area contributed by atoms with Crippen molar-refractivity contribution in [2.45, 2.75) is 12.2 Å². The van der Waals surface area contributed by atoms with Crippen LogP contribution in [-0.2, 0) is 11.3 Å². The highest BCUT2D eigenvalue weighted by Gasteiger charge is 2.62. The number of halogens is 1. The van der Waals surface area contributed by atoms with Crippen molar-refractivity contribution in [3.63, 3.8) is 0 Å². The Morgan fingerprint density at radius 2 is 2.29 bits per heavy atom. The summed E-state index contributed by atoms with van der Waals surface area (Å²) in [5, 5.41) is 10.6. The zero-order valence-corrected chi connectivity index (χ0v) is 12.4. The fourth-order valence-electron chi connectivity index (χ4n) is 3.41. The highest BCUT2D eigenvalue weighted by molar-refractivity contribution is 7.19. The summed E-state index contributed by atoms with van der Waals surface area (Å²) in [6.07, 6.45) is 3.65. The van der Waals surface area contributed by atoms with Crippen LogP contribution in [0.15, 0.2) is 24.5 Å². The highest BCUT2D eigenvalue weighted by Crippen LogP contribution is 2.48. The SMILES string of the molecule is OCC1(F)CN(Cc2cc3ccncc3s2)CC12COC2. The van der Waals surface area contributed by atoms with Crippen LogP contribution < -0.4 is 0 Å². The van der Waals surface area contributed by atoms with E-state index in [2.05, 4.69) is 16.0 Å². The van der Waals surface area contributed by atoms with Crippen molar-refractivity contribution in [2.24, 2.45) is 5.41 Å². The molecule has 1 atom stereocenters. The van der Waals surface area contributed by atoms with Crippen LogP contribution in [-0.4, -0.2) is 53.6 Å². The van der Waals surface area contributed by atoms with Crippen molar-refractivity contribution in [1.29, 1.82) is 0 Å². The molecule has 2 aliphatic heterocycles. The summed E-state index contributed by atoms with van der Waals surface area (Å²) < 4.78 is 21.3. The number of pyridine rings is 1. The molecule has 2 fully saturated rings. The van der Waals surface area contributed by atoms with Crippen LogP contribution in [0, 0.1) is 5.41 Å². The number of alkyl halides is 1. The van der Waals surface area contributed by atoms with E-state index in [0.717, 1.165) is 4.70 Å². The molecule has 4 rings (SSSR count). The van der Waals surface area contributed by atoms with Crippen molar-refractivity contribution >= 4 is 21.4 Å². The Kier molecular flexibility index (Phi) is 3.04. The number of nitrogens with zero attached hydrogens (tertiary/aromatic N) is 2. The molecule has 0 saturated carbocycles. The second kappa shape index (κ2) is 4.71.